The number of hydrogen-bond acceptors (Lipinski definition) is 7. The van der Waals surface area contributed by atoms with E-state index in [0.29, 0.717) is 17.6 Å². The Bertz CT molecular complexity index is 946. The highest BCUT2D eigenvalue weighted by Crippen LogP contribution is 2.44. The lowest BCUT2D eigenvalue weighted by Crippen LogP contribution is -2.19. The van der Waals surface area contributed by atoms with E-state index < -0.39 is 0 Å². The number of rotatable bonds is 4. The molecule has 1 saturated heterocycles. The fourth-order valence-electron chi connectivity index (χ4n) is 3.50. The fraction of sp³-hybridized carbons (Fsp3) is 0.500. The number of fused-ring (bicyclic) bond motifs is 1. The second kappa shape index (κ2) is 6.28. The minimum atomic E-state index is -0.0687. The molecule has 0 N–H and O–H groups in total. The zero-order valence-corrected chi connectivity index (χ0v) is 14.6. The first-order valence-corrected chi connectivity index (χ1v) is 9.06. The molecule has 3 aromatic heterocycles. The predicted molar refractivity (Wildman–Crippen MR) is 93.7 cm³/mol. The van der Waals surface area contributed by atoms with Crippen molar-refractivity contribution >= 4 is 11.0 Å². The number of aromatic nitrogens is 6. The van der Waals surface area contributed by atoms with Gasteiger partial charge in [0.15, 0.2) is 17.7 Å². The normalized spacial score (nSPS) is 20.4. The summed E-state index contributed by atoms with van der Waals surface area (Å²) >= 11 is 0. The van der Waals surface area contributed by atoms with Crippen LogP contribution in [0.5, 0.6) is 5.88 Å². The van der Waals surface area contributed by atoms with E-state index in [2.05, 4.69) is 20.1 Å². The molecule has 1 aliphatic carbocycles. The molecule has 8 heteroatoms. The molecule has 26 heavy (non-hydrogen) atoms. The minimum Gasteiger partial charge on any atom is -0.480 e. The topological polar surface area (TPSA) is 87.8 Å². The van der Waals surface area contributed by atoms with Crippen LogP contribution >= 0.6 is 0 Å². The maximum Gasteiger partial charge on any atom is 0.227 e. The van der Waals surface area contributed by atoms with Crippen LogP contribution < -0.4 is 4.74 Å². The molecule has 0 radical (unpaired) electrons. The van der Waals surface area contributed by atoms with Gasteiger partial charge in [-0.3, -0.25) is 0 Å². The summed E-state index contributed by atoms with van der Waals surface area (Å²) in [6.45, 7) is 0.760. The highest BCUT2D eigenvalue weighted by molar-refractivity contribution is 5.77. The fourth-order valence-corrected chi connectivity index (χ4v) is 3.50. The van der Waals surface area contributed by atoms with Crippen LogP contribution in [0.15, 0.2) is 18.7 Å². The molecular formula is C18H20N6O2. The highest BCUT2D eigenvalue weighted by atomic mass is 16.5. The van der Waals surface area contributed by atoms with Crippen molar-refractivity contribution in [3.05, 3.63) is 24.4 Å². The zero-order chi connectivity index (χ0) is 17.5. The van der Waals surface area contributed by atoms with Crippen molar-refractivity contribution in [2.24, 2.45) is 0 Å². The smallest absolute Gasteiger partial charge is 0.227 e. The molecule has 0 aromatic carbocycles. The van der Waals surface area contributed by atoms with Crippen molar-refractivity contribution < 1.29 is 9.47 Å². The Labute approximate surface area is 150 Å². The van der Waals surface area contributed by atoms with Crippen molar-refractivity contribution in [2.75, 3.05) is 13.7 Å². The summed E-state index contributed by atoms with van der Waals surface area (Å²) < 4.78 is 13.2. The van der Waals surface area contributed by atoms with Crippen LogP contribution in [0.3, 0.4) is 0 Å². The predicted octanol–water partition coefficient (Wildman–Crippen LogP) is 2.87. The zero-order valence-electron chi connectivity index (χ0n) is 14.6. The van der Waals surface area contributed by atoms with Gasteiger partial charge in [-0.2, -0.15) is 5.10 Å². The molecule has 0 amide bonds. The molecule has 8 nitrogen and oxygen atoms in total. The van der Waals surface area contributed by atoms with E-state index in [-0.39, 0.29) is 6.23 Å². The Kier molecular flexibility index (Phi) is 3.77. The third-order valence-corrected chi connectivity index (χ3v) is 4.99. The summed E-state index contributed by atoms with van der Waals surface area (Å²) in [6.07, 6.45) is 10.5. The van der Waals surface area contributed by atoms with Gasteiger partial charge in [-0.15, -0.1) is 0 Å². The third-order valence-electron chi connectivity index (χ3n) is 4.99. The van der Waals surface area contributed by atoms with Gasteiger partial charge in [-0.05, 0) is 32.1 Å². The quantitative estimate of drug-likeness (QED) is 0.713. The van der Waals surface area contributed by atoms with Crippen LogP contribution in [0.1, 0.15) is 49.9 Å². The van der Waals surface area contributed by atoms with E-state index in [0.717, 1.165) is 61.0 Å². The van der Waals surface area contributed by atoms with Crippen LogP contribution in [0.2, 0.25) is 0 Å². The second-order valence-corrected chi connectivity index (χ2v) is 6.80. The lowest BCUT2D eigenvalue weighted by Gasteiger charge is -2.23. The molecule has 1 saturated carbocycles. The Morgan fingerprint density at radius 2 is 2.04 bits per heavy atom. The molecule has 1 aliphatic heterocycles. The first-order valence-electron chi connectivity index (χ1n) is 9.06. The average Bonchev–Trinajstić information content (AvgIpc) is 3.47. The van der Waals surface area contributed by atoms with Crippen LogP contribution in [0.25, 0.3) is 22.4 Å². The molecule has 0 spiro atoms. The van der Waals surface area contributed by atoms with E-state index in [9.17, 15) is 0 Å². The molecule has 4 heterocycles. The van der Waals surface area contributed by atoms with E-state index in [1.807, 2.05) is 4.68 Å². The van der Waals surface area contributed by atoms with Gasteiger partial charge < -0.3 is 9.47 Å². The second-order valence-electron chi connectivity index (χ2n) is 6.80. The molecule has 1 atom stereocenters. The summed E-state index contributed by atoms with van der Waals surface area (Å²) in [6, 6.07) is 0. The molecule has 2 aliphatic rings. The van der Waals surface area contributed by atoms with Gasteiger partial charge in [-0.25, -0.2) is 24.6 Å². The van der Waals surface area contributed by atoms with Gasteiger partial charge in [0.1, 0.15) is 11.9 Å². The van der Waals surface area contributed by atoms with Gasteiger partial charge in [0.25, 0.3) is 0 Å². The van der Waals surface area contributed by atoms with Gasteiger partial charge in [0, 0.05) is 18.7 Å². The number of hydrogen-bond donors (Lipinski definition) is 0. The van der Waals surface area contributed by atoms with E-state index in [1.165, 1.54) is 0 Å². The monoisotopic (exact) mass is 352 g/mol. The first kappa shape index (κ1) is 15.6. The van der Waals surface area contributed by atoms with Gasteiger partial charge in [-0.1, -0.05) is 0 Å². The Hall–Kier alpha value is -2.61. The SMILES string of the molecule is COc1ncnc(C2CC2)c1-c1ncc2cnn(C3CCCCO3)c2n1. The number of methoxy groups -OCH3 is 1. The maximum atomic E-state index is 5.88. The highest BCUT2D eigenvalue weighted by Gasteiger charge is 2.31. The van der Waals surface area contributed by atoms with Crippen LogP contribution in [-0.2, 0) is 4.74 Å². The minimum absolute atomic E-state index is 0.0687. The average molecular weight is 352 g/mol. The van der Waals surface area contributed by atoms with Crippen molar-refractivity contribution in [3.63, 3.8) is 0 Å². The first-order chi connectivity index (χ1) is 12.8. The van der Waals surface area contributed by atoms with Gasteiger partial charge in [0.05, 0.1) is 24.4 Å². The van der Waals surface area contributed by atoms with Crippen molar-refractivity contribution in [1.82, 2.24) is 29.7 Å². The van der Waals surface area contributed by atoms with E-state index >= 15 is 0 Å². The van der Waals surface area contributed by atoms with Crippen LogP contribution in [0, 0.1) is 0 Å². The summed E-state index contributed by atoms with van der Waals surface area (Å²) in [5.74, 6) is 1.53. The molecule has 3 aromatic rings. The van der Waals surface area contributed by atoms with E-state index in [1.54, 1.807) is 25.8 Å². The lowest BCUT2D eigenvalue weighted by molar-refractivity contribution is -0.0370. The third kappa shape index (κ3) is 2.61. The number of nitrogens with zero attached hydrogens (tertiary/aromatic N) is 6. The Morgan fingerprint density at radius 1 is 1.12 bits per heavy atom. The van der Waals surface area contributed by atoms with Crippen molar-refractivity contribution in [1.29, 1.82) is 0 Å². The van der Waals surface area contributed by atoms with Crippen LogP contribution in [0.4, 0.5) is 0 Å². The van der Waals surface area contributed by atoms with Crippen LogP contribution in [-0.4, -0.2) is 43.4 Å². The van der Waals surface area contributed by atoms with Gasteiger partial charge >= 0.3 is 0 Å². The maximum absolute atomic E-state index is 5.88. The van der Waals surface area contributed by atoms with E-state index in [4.69, 9.17) is 14.5 Å². The molecule has 2 fully saturated rings. The molecule has 1 unspecified atom stereocenters. The number of ether oxygens (including phenoxy) is 2. The molecule has 5 rings (SSSR count). The Morgan fingerprint density at radius 3 is 2.81 bits per heavy atom. The summed E-state index contributed by atoms with van der Waals surface area (Å²) in [7, 11) is 1.61. The summed E-state index contributed by atoms with van der Waals surface area (Å²) in [5.41, 5.74) is 2.53. The van der Waals surface area contributed by atoms with Crippen molar-refractivity contribution in [3.8, 4) is 17.3 Å². The Balaban J connectivity index is 1.64. The van der Waals surface area contributed by atoms with Gasteiger partial charge in [0.2, 0.25) is 5.88 Å². The van der Waals surface area contributed by atoms with Crippen molar-refractivity contribution in [2.45, 2.75) is 44.2 Å². The summed E-state index contributed by atoms with van der Waals surface area (Å²) in [5, 5.41) is 5.39. The largest absolute Gasteiger partial charge is 0.480 e. The lowest BCUT2D eigenvalue weighted by atomic mass is 10.1. The summed E-state index contributed by atoms with van der Waals surface area (Å²) in [4.78, 5) is 18.1. The standard InChI is InChI=1S/C18H20N6O2/c1-25-18-14(15(11-5-6-11)20-10-21-18)16-19-8-12-9-22-24(17(12)23-16)13-4-2-3-7-26-13/h8-11,13H,2-7H2,1H3. The molecule has 134 valence electrons. The molecular weight excluding hydrogens is 332 g/mol. The molecule has 0 bridgehead atoms.